The summed E-state index contributed by atoms with van der Waals surface area (Å²) in [7, 11) is 4.10. The van der Waals surface area contributed by atoms with E-state index in [2.05, 4.69) is 22.9 Å². The van der Waals surface area contributed by atoms with Crippen LogP contribution in [0.1, 0.15) is 18.7 Å². The van der Waals surface area contributed by atoms with Gasteiger partial charge in [-0.15, -0.1) is 12.3 Å². The molecule has 3 nitrogen and oxygen atoms in total. The quantitative estimate of drug-likeness (QED) is 0.516. The van der Waals surface area contributed by atoms with E-state index in [4.69, 9.17) is 6.42 Å². The van der Waals surface area contributed by atoms with E-state index >= 15 is 0 Å². The van der Waals surface area contributed by atoms with Crippen LogP contribution in [0.2, 0.25) is 0 Å². The molecule has 1 rings (SSSR count). The Morgan fingerprint density at radius 3 is 3.00 bits per heavy atom. The lowest BCUT2D eigenvalue weighted by Gasteiger charge is -2.15. The highest BCUT2D eigenvalue weighted by Crippen LogP contribution is 2.00. The van der Waals surface area contributed by atoms with Crippen LogP contribution in [0.25, 0.3) is 0 Å². The molecule has 0 fully saturated rings. The van der Waals surface area contributed by atoms with Crippen molar-refractivity contribution in [1.82, 2.24) is 14.5 Å². The number of aromatic nitrogens is 2. The fourth-order valence-corrected chi connectivity index (χ4v) is 1.32. The summed E-state index contributed by atoms with van der Waals surface area (Å²) in [6.45, 7) is 1.91. The van der Waals surface area contributed by atoms with E-state index in [9.17, 15) is 0 Å². The lowest BCUT2D eigenvalue weighted by molar-refractivity contribution is 0.312. The van der Waals surface area contributed by atoms with Crippen molar-refractivity contribution in [2.24, 2.45) is 7.05 Å². The van der Waals surface area contributed by atoms with Crippen molar-refractivity contribution < 1.29 is 0 Å². The lowest BCUT2D eigenvalue weighted by atomic mass is 10.3. The summed E-state index contributed by atoms with van der Waals surface area (Å²) in [5.74, 6) is 3.74. The highest BCUT2D eigenvalue weighted by atomic mass is 15.1. The van der Waals surface area contributed by atoms with Crippen LogP contribution in [0.3, 0.4) is 0 Å². The molecule has 0 saturated carbocycles. The Morgan fingerprint density at radius 1 is 1.64 bits per heavy atom. The van der Waals surface area contributed by atoms with Gasteiger partial charge in [0.1, 0.15) is 5.82 Å². The number of imidazole rings is 1. The molecule has 0 spiro atoms. The Labute approximate surface area is 85.7 Å². The smallest absolute Gasteiger partial charge is 0.122 e. The number of hydrogen-bond donors (Lipinski definition) is 0. The summed E-state index contributed by atoms with van der Waals surface area (Å²) >= 11 is 0. The lowest BCUT2D eigenvalue weighted by Crippen LogP contribution is -2.21. The maximum Gasteiger partial charge on any atom is 0.122 e. The summed E-state index contributed by atoms with van der Waals surface area (Å²) in [6.07, 6.45) is 10.9. The molecule has 3 heteroatoms. The van der Waals surface area contributed by atoms with Crippen LogP contribution in [0, 0.1) is 12.3 Å². The Bertz CT molecular complexity index is 309. The molecule has 1 aromatic heterocycles. The molecular formula is C11H17N3. The number of unbranched alkanes of at least 4 members (excludes halogenated alkanes) is 1. The first-order valence-corrected chi connectivity index (χ1v) is 4.82. The minimum absolute atomic E-state index is 0.852. The van der Waals surface area contributed by atoms with Crippen molar-refractivity contribution in [2.45, 2.75) is 19.4 Å². The van der Waals surface area contributed by atoms with Gasteiger partial charge in [-0.05, 0) is 20.0 Å². The Balaban J connectivity index is 2.31. The van der Waals surface area contributed by atoms with Crippen molar-refractivity contribution >= 4 is 0 Å². The maximum atomic E-state index is 5.19. The third kappa shape index (κ3) is 3.23. The zero-order chi connectivity index (χ0) is 10.4. The van der Waals surface area contributed by atoms with Crippen LogP contribution in [0.4, 0.5) is 0 Å². The molecule has 0 aromatic carbocycles. The van der Waals surface area contributed by atoms with Gasteiger partial charge < -0.3 is 4.57 Å². The van der Waals surface area contributed by atoms with Gasteiger partial charge in [0.25, 0.3) is 0 Å². The first-order valence-electron chi connectivity index (χ1n) is 4.82. The van der Waals surface area contributed by atoms with E-state index in [-0.39, 0.29) is 0 Å². The SMILES string of the molecule is C#CCCCN(C)Cc1nccn1C. The summed E-state index contributed by atoms with van der Waals surface area (Å²) in [5.41, 5.74) is 0. The average Bonchev–Trinajstić information content (AvgIpc) is 2.52. The van der Waals surface area contributed by atoms with E-state index in [1.54, 1.807) is 0 Å². The molecule has 0 amide bonds. The van der Waals surface area contributed by atoms with Crippen LogP contribution in [0.15, 0.2) is 12.4 Å². The highest BCUT2D eigenvalue weighted by Gasteiger charge is 2.03. The second-order valence-corrected chi connectivity index (χ2v) is 3.50. The van der Waals surface area contributed by atoms with Gasteiger partial charge in [-0.3, -0.25) is 4.90 Å². The third-order valence-corrected chi connectivity index (χ3v) is 2.19. The molecule has 1 aromatic rings. The molecule has 0 aliphatic carbocycles. The number of aryl methyl sites for hydroxylation is 1. The number of nitrogens with zero attached hydrogens (tertiary/aromatic N) is 3. The van der Waals surface area contributed by atoms with E-state index < -0.39 is 0 Å². The predicted octanol–water partition coefficient (Wildman–Crippen LogP) is 1.27. The summed E-state index contributed by atoms with van der Waals surface area (Å²) in [6, 6.07) is 0. The van der Waals surface area contributed by atoms with E-state index in [1.165, 1.54) is 0 Å². The number of hydrogen-bond acceptors (Lipinski definition) is 2. The van der Waals surface area contributed by atoms with Gasteiger partial charge in [-0.1, -0.05) is 0 Å². The highest BCUT2D eigenvalue weighted by molar-refractivity contribution is 4.90. The van der Waals surface area contributed by atoms with Crippen LogP contribution >= 0.6 is 0 Å². The summed E-state index contributed by atoms with van der Waals surface area (Å²) in [4.78, 5) is 6.50. The van der Waals surface area contributed by atoms with Gasteiger partial charge in [0.05, 0.1) is 6.54 Å². The van der Waals surface area contributed by atoms with Gasteiger partial charge >= 0.3 is 0 Å². The Hall–Kier alpha value is -1.27. The maximum absolute atomic E-state index is 5.19. The molecule has 0 radical (unpaired) electrons. The fourth-order valence-electron chi connectivity index (χ4n) is 1.32. The Morgan fingerprint density at radius 2 is 2.43 bits per heavy atom. The topological polar surface area (TPSA) is 21.1 Å². The summed E-state index contributed by atoms with van der Waals surface area (Å²) in [5, 5.41) is 0. The molecule has 0 N–H and O–H groups in total. The largest absolute Gasteiger partial charge is 0.337 e. The summed E-state index contributed by atoms with van der Waals surface area (Å²) < 4.78 is 2.04. The first kappa shape index (κ1) is 10.8. The molecule has 0 aliphatic rings. The third-order valence-electron chi connectivity index (χ3n) is 2.19. The minimum Gasteiger partial charge on any atom is -0.337 e. The fraction of sp³-hybridized carbons (Fsp3) is 0.545. The molecule has 0 unspecified atom stereocenters. The van der Waals surface area contributed by atoms with Gasteiger partial charge in [0, 0.05) is 25.9 Å². The predicted molar refractivity (Wildman–Crippen MR) is 57.6 cm³/mol. The molecule has 0 bridgehead atoms. The van der Waals surface area contributed by atoms with E-state index in [1.807, 2.05) is 24.0 Å². The standard InChI is InChI=1S/C11H17N3/c1-4-5-6-8-13(2)10-11-12-7-9-14(11)3/h1,7,9H,5-6,8,10H2,2-3H3. The van der Waals surface area contributed by atoms with Crippen molar-refractivity contribution in [1.29, 1.82) is 0 Å². The van der Waals surface area contributed by atoms with Crippen molar-refractivity contribution in [2.75, 3.05) is 13.6 Å². The zero-order valence-electron chi connectivity index (χ0n) is 8.90. The average molecular weight is 191 g/mol. The normalized spacial score (nSPS) is 10.4. The van der Waals surface area contributed by atoms with Gasteiger partial charge in [-0.25, -0.2) is 4.98 Å². The van der Waals surface area contributed by atoms with Crippen LogP contribution in [-0.2, 0) is 13.6 Å². The first-order chi connectivity index (χ1) is 6.74. The molecule has 0 saturated heterocycles. The minimum atomic E-state index is 0.852. The van der Waals surface area contributed by atoms with Gasteiger partial charge in [0.15, 0.2) is 0 Å². The molecule has 76 valence electrons. The second-order valence-electron chi connectivity index (χ2n) is 3.50. The van der Waals surface area contributed by atoms with Crippen LogP contribution in [0.5, 0.6) is 0 Å². The zero-order valence-corrected chi connectivity index (χ0v) is 8.90. The monoisotopic (exact) mass is 191 g/mol. The van der Waals surface area contributed by atoms with Crippen molar-refractivity contribution in [3.05, 3.63) is 18.2 Å². The van der Waals surface area contributed by atoms with Crippen molar-refractivity contribution in [3.63, 3.8) is 0 Å². The molecule has 1 heterocycles. The van der Waals surface area contributed by atoms with Gasteiger partial charge in [-0.2, -0.15) is 0 Å². The second kappa shape index (κ2) is 5.46. The molecule has 0 atom stereocenters. The number of rotatable bonds is 5. The van der Waals surface area contributed by atoms with E-state index in [0.29, 0.717) is 0 Å². The van der Waals surface area contributed by atoms with Crippen LogP contribution in [-0.4, -0.2) is 28.0 Å². The van der Waals surface area contributed by atoms with E-state index in [0.717, 1.165) is 31.8 Å². The molecular weight excluding hydrogens is 174 g/mol. The Kier molecular flexibility index (Phi) is 4.21. The van der Waals surface area contributed by atoms with Crippen molar-refractivity contribution in [3.8, 4) is 12.3 Å². The molecule has 0 aliphatic heterocycles. The molecule has 14 heavy (non-hydrogen) atoms. The van der Waals surface area contributed by atoms with Gasteiger partial charge in [0.2, 0.25) is 0 Å². The van der Waals surface area contributed by atoms with Crippen LogP contribution < -0.4 is 0 Å². The number of terminal acetylenes is 1.